The average molecular weight is 425 g/mol. The predicted octanol–water partition coefficient (Wildman–Crippen LogP) is 3.61. The summed E-state index contributed by atoms with van der Waals surface area (Å²) in [5.41, 5.74) is 1.51. The lowest BCUT2D eigenvalue weighted by molar-refractivity contribution is -0.145. The highest BCUT2D eigenvalue weighted by Gasteiger charge is 2.26. The number of hydrogen-bond donors (Lipinski definition) is 3. The van der Waals surface area contributed by atoms with Crippen LogP contribution in [0.1, 0.15) is 37.6 Å². The Morgan fingerprint density at radius 3 is 2.06 bits per heavy atom. The molecular formula is C23H27N3O5. The van der Waals surface area contributed by atoms with Crippen LogP contribution in [0.25, 0.3) is 0 Å². The molecule has 2 rings (SSSR count). The number of nitrogens with one attached hydrogen (secondary N) is 3. The highest BCUT2D eigenvalue weighted by Crippen LogP contribution is 2.12. The maximum absolute atomic E-state index is 12.5. The van der Waals surface area contributed by atoms with Gasteiger partial charge in [-0.15, -0.1) is 0 Å². The lowest BCUT2D eigenvalue weighted by Gasteiger charge is -2.21. The maximum atomic E-state index is 12.5. The van der Waals surface area contributed by atoms with Gasteiger partial charge >= 0.3 is 12.0 Å². The molecule has 8 heteroatoms. The highest BCUT2D eigenvalue weighted by molar-refractivity contribution is 5.99. The topological polar surface area (TPSA) is 114 Å². The molecule has 3 N–H and O–H groups in total. The fraction of sp³-hybridized carbons (Fsp3) is 0.304. The number of rotatable bonds is 9. The van der Waals surface area contributed by atoms with E-state index in [0.717, 1.165) is 0 Å². The van der Waals surface area contributed by atoms with Crippen LogP contribution in [0.5, 0.6) is 0 Å². The third kappa shape index (κ3) is 7.58. The van der Waals surface area contributed by atoms with Crippen LogP contribution >= 0.6 is 0 Å². The van der Waals surface area contributed by atoms with Crippen molar-refractivity contribution in [1.82, 2.24) is 5.32 Å². The number of ether oxygens (including phenoxy) is 1. The van der Waals surface area contributed by atoms with Crippen LogP contribution in [0.3, 0.4) is 0 Å². The second kappa shape index (κ2) is 11.5. The van der Waals surface area contributed by atoms with Gasteiger partial charge in [0.1, 0.15) is 6.04 Å². The molecule has 0 aliphatic rings. The fourth-order valence-electron chi connectivity index (χ4n) is 2.63. The molecule has 2 aromatic rings. The Morgan fingerprint density at radius 1 is 0.871 bits per heavy atom. The maximum Gasteiger partial charge on any atom is 0.329 e. The van der Waals surface area contributed by atoms with Crippen molar-refractivity contribution in [2.24, 2.45) is 5.92 Å². The van der Waals surface area contributed by atoms with Gasteiger partial charge in [-0.1, -0.05) is 39.0 Å². The molecule has 0 radical (unpaired) electrons. The monoisotopic (exact) mass is 425 g/mol. The summed E-state index contributed by atoms with van der Waals surface area (Å²) >= 11 is 0. The largest absolute Gasteiger partial charge is 0.456 e. The lowest BCUT2D eigenvalue weighted by Crippen LogP contribution is -2.47. The van der Waals surface area contributed by atoms with Crippen LogP contribution in [-0.2, 0) is 14.3 Å². The third-order valence-corrected chi connectivity index (χ3v) is 4.40. The summed E-state index contributed by atoms with van der Waals surface area (Å²) in [5, 5.41) is 7.91. The van der Waals surface area contributed by atoms with E-state index in [1.165, 1.54) is 0 Å². The van der Waals surface area contributed by atoms with Crippen molar-refractivity contribution in [3.8, 4) is 0 Å². The quantitative estimate of drug-likeness (QED) is 0.420. The van der Waals surface area contributed by atoms with Crippen LogP contribution in [0.15, 0.2) is 54.6 Å². The number of esters is 1. The van der Waals surface area contributed by atoms with Gasteiger partial charge in [-0.3, -0.25) is 9.59 Å². The Labute approximate surface area is 181 Å². The standard InChI is InChI=1S/C23H27N3O5/c1-4-20(28)24-18-12-10-16(11-13-18)19(27)14-31-22(29)21(15(2)3)26-23(30)25-17-8-6-5-7-9-17/h5-13,15,21H,4,14H2,1-3H3,(H,24,28)(H2,25,26,30)/t21-/m0/s1. The van der Waals surface area contributed by atoms with Crippen molar-refractivity contribution in [3.63, 3.8) is 0 Å². The van der Waals surface area contributed by atoms with Gasteiger partial charge in [0.25, 0.3) is 0 Å². The summed E-state index contributed by atoms with van der Waals surface area (Å²) < 4.78 is 5.14. The number of ketones is 1. The van der Waals surface area contributed by atoms with Crippen LogP contribution in [0.4, 0.5) is 16.2 Å². The molecule has 0 fully saturated rings. The number of carbonyl (C=O) groups excluding carboxylic acids is 4. The zero-order valence-corrected chi connectivity index (χ0v) is 17.8. The number of amides is 3. The highest BCUT2D eigenvalue weighted by atomic mass is 16.5. The molecule has 3 amide bonds. The van der Waals surface area contributed by atoms with E-state index in [4.69, 9.17) is 4.74 Å². The van der Waals surface area contributed by atoms with Crippen molar-refractivity contribution >= 4 is 35.1 Å². The minimum atomic E-state index is -0.914. The molecule has 1 atom stereocenters. The molecule has 0 aliphatic carbocycles. The Morgan fingerprint density at radius 2 is 1.48 bits per heavy atom. The molecule has 31 heavy (non-hydrogen) atoms. The van der Waals surface area contributed by atoms with E-state index in [1.807, 2.05) is 6.07 Å². The summed E-state index contributed by atoms with van der Waals surface area (Å²) in [4.78, 5) is 48.4. The van der Waals surface area contributed by atoms with Crippen molar-refractivity contribution in [3.05, 3.63) is 60.2 Å². The summed E-state index contributed by atoms with van der Waals surface area (Å²) in [6, 6.07) is 13.7. The van der Waals surface area contributed by atoms with Gasteiger partial charge in [0.05, 0.1) is 0 Å². The van der Waals surface area contributed by atoms with Gasteiger partial charge in [-0.05, 0) is 42.3 Å². The number of hydrogen-bond acceptors (Lipinski definition) is 5. The summed E-state index contributed by atoms with van der Waals surface area (Å²) in [6.45, 7) is 4.82. The molecule has 2 aromatic carbocycles. The van der Waals surface area contributed by atoms with E-state index in [1.54, 1.807) is 69.3 Å². The van der Waals surface area contributed by atoms with Gasteiger partial charge in [-0.25, -0.2) is 9.59 Å². The van der Waals surface area contributed by atoms with Crippen molar-refractivity contribution < 1.29 is 23.9 Å². The SMILES string of the molecule is CCC(=O)Nc1ccc(C(=O)COC(=O)[C@@H](NC(=O)Nc2ccccc2)C(C)C)cc1. The molecule has 164 valence electrons. The molecule has 0 spiro atoms. The smallest absolute Gasteiger partial charge is 0.329 e. The van der Waals surface area contributed by atoms with Crippen molar-refractivity contribution in [2.45, 2.75) is 33.2 Å². The fourth-order valence-corrected chi connectivity index (χ4v) is 2.63. The van der Waals surface area contributed by atoms with Gasteiger partial charge in [0, 0.05) is 23.4 Å². The molecular weight excluding hydrogens is 398 g/mol. The molecule has 0 aromatic heterocycles. The Bertz CT molecular complexity index is 911. The van der Waals surface area contributed by atoms with E-state index in [0.29, 0.717) is 23.4 Å². The van der Waals surface area contributed by atoms with Gasteiger partial charge in [0.2, 0.25) is 5.91 Å². The molecule has 0 saturated carbocycles. The van der Waals surface area contributed by atoms with Gasteiger partial charge in [0.15, 0.2) is 12.4 Å². The second-order valence-corrected chi connectivity index (χ2v) is 7.20. The minimum Gasteiger partial charge on any atom is -0.456 e. The van der Waals surface area contributed by atoms with Crippen LogP contribution in [-0.4, -0.2) is 36.3 Å². The van der Waals surface area contributed by atoms with Gasteiger partial charge < -0.3 is 20.7 Å². The molecule has 0 unspecified atom stereocenters. The Balaban J connectivity index is 1.89. The third-order valence-electron chi connectivity index (χ3n) is 4.40. The van der Waals surface area contributed by atoms with Crippen molar-refractivity contribution in [2.75, 3.05) is 17.2 Å². The minimum absolute atomic E-state index is 0.128. The summed E-state index contributed by atoms with van der Waals surface area (Å²) in [6.07, 6.45) is 0.352. The molecule has 8 nitrogen and oxygen atoms in total. The van der Waals surface area contributed by atoms with E-state index >= 15 is 0 Å². The molecule has 0 heterocycles. The first-order valence-corrected chi connectivity index (χ1v) is 10.0. The lowest BCUT2D eigenvalue weighted by atomic mass is 10.0. The summed E-state index contributed by atoms with van der Waals surface area (Å²) in [7, 11) is 0. The van der Waals surface area contributed by atoms with Crippen LogP contribution in [0, 0.1) is 5.92 Å². The average Bonchev–Trinajstić information content (AvgIpc) is 2.76. The predicted molar refractivity (Wildman–Crippen MR) is 118 cm³/mol. The molecule has 0 bridgehead atoms. The number of anilines is 2. The molecule has 0 aliphatic heterocycles. The Kier molecular flexibility index (Phi) is 8.75. The number of urea groups is 1. The number of Topliss-reactive ketones (excluding diaryl/α,β-unsaturated/α-hetero) is 1. The van der Waals surface area contributed by atoms with E-state index in [2.05, 4.69) is 16.0 Å². The van der Waals surface area contributed by atoms with E-state index in [-0.39, 0.29) is 11.8 Å². The first-order valence-electron chi connectivity index (χ1n) is 10.0. The zero-order valence-electron chi connectivity index (χ0n) is 17.8. The van der Waals surface area contributed by atoms with E-state index < -0.39 is 30.4 Å². The van der Waals surface area contributed by atoms with E-state index in [9.17, 15) is 19.2 Å². The summed E-state index contributed by atoms with van der Waals surface area (Å²) in [5.74, 6) is -1.46. The van der Waals surface area contributed by atoms with Gasteiger partial charge in [-0.2, -0.15) is 0 Å². The normalized spacial score (nSPS) is 11.4. The molecule has 0 saturated heterocycles. The number of para-hydroxylation sites is 1. The zero-order chi connectivity index (χ0) is 22.8. The van der Waals surface area contributed by atoms with Crippen molar-refractivity contribution in [1.29, 1.82) is 0 Å². The first-order chi connectivity index (χ1) is 14.8. The van der Waals surface area contributed by atoms with Crippen LogP contribution < -0.4 is 16.0 Å². The second-order valence-electron chi connectivity index (χ2n) is 7.20. The Hall–Kier alpha value is -3.68. The number of benzene rings is 2. The number of carbonyl (C=O) groups is 4. The van der Waals surface area contributed by atoms with Crippen LogP contribution in [0.2, 0.25) is 0 Å². The first kappa shape index (κ1) is 23.6.